The first-order chi connectivity index (χ1) is 13.4. The van der Waals surface area contributed by atoms with Crippen molar-refractivity contribution in [1.29, 1.82) is 0 Å². The Morgan fingerprint density at radius 2 is 2.19 bits per heavy atom. The van der Waals surface area contributed by atoms with Crippen LogP contribution in [0.5, 0.6) is 0 Å². The Morgan fingerprint density at radius 1 is 1.19 bits per heavy atom. The quantitative estimate of drug-likeness (QED) is 0.567. The van der Waals surface area contributed by atoms with Gasteiger partial charge in [-0.15, -0.1) is 11.3 Å². The highest BCUT2D eigenvalue weighted by Crippen LogP contribution is 2.35. The average molecular weight is 378 g/mol. The molecule has 1 fully saturated rings. The van der Waals surface area contributed by atoms with E-state index in [-0.39, 0.29) is 6.04 Å². The van der Waals surface area contributed by atoms with Crippen molar-refractivity contribution < 1.29 is 4.52 Å². The van der Waals surface area contributed by atoms with E-state index in [1.807, 2.05) is 24.3 Å². The summed E-state index contributed by atoms with van der Waals surface area (Å²) in [7, 11) is 0. The van der Waals surface area contributed by atoms with Crippen LogP contribution in [-0.4, -0.2) is 36.8 Å². The maximum atomic E-state index is 5.58. The second kappa shape index (κ2) is 7.05. The number of hydrogen-bond donors (Lipinski definition) is 1. The Bertz CT molecular complexity index is 1010. The Kier molecular flexibility index (Phi) is 4.27. The molecule has 5 heterocycles. The average Bonchev–Trinajstić information content (AvgIpc) is 3.48. The number of likely N-dealkylation sites (tertiary alicyclic amines) is 1. The number of H-pyrrole nitrogens is 1. The summed E-state index contributed by atoms with van der Waals surface area (Å²) in [5, 5.41) is 11.2. The molecule has 1 atom stereocenters. The van der Waals surface area contributed by atoms with E-state index in [0.29, 0.717) is 11.7 Å². The van der Waals surface area contributed by atoms with Crippen molar-refractivity contribution in [2.45, 2.75) is 25.4 Å². The summed E-state index contributed by atoms with van der Waals surface area (Å²) in [5.74, 6) is 1.23. The summed E-state index contributed by atoms with van der Waals surface area (Å²) in [6, 6.07) is 12.2. The number of rotatable bonds is 5. The Labute approximate surface area is 160 Å². The molecule has 0 bridgehead atoms. The van der Waals surface area contributed by atoms with Crippen molar-refractivity contribution in [3.05, 3.63) is 59.6 Å². The van der Waals surface area contributed by atoms with Crippen LogP contribution < -0.4 is 0 Å². The van der Waals surface area contributed by atoms with Crippen LogP contribution in [0.4, 0.5) is 0 Å². The first kappa shape index (κ1) is 16.3. The molecule has 27 heavy (non-hydrogen) atoms. The largest absolute Gasteiger partial charge is 0.337 e. The van der Waals surface area contributed by atoms with Gasteiger partial charge in [0.15, 0.2) is 0 Å². The molecule has 0 aromatic carbocycles. The predicted molar refractivity (Wildman–Crippen MR) is 102 cm³/mol. The molecule has 1 N–H and O–H groups in total. The molecule has 1 saturated heterocycles. The summed E-state index contributed by atoms with van der Waals surface area (Å²) in [6.07, 6.45) is 5.68. The highest BCUT2D eigenvalue weighted by molar-refractivity contribution is 7.15. The zero-order chi connectivity index (χ0) is 18.1. The van der Waals surface area contributed by atoms with Gasteiger partial charge in [-0.25, -0.2) is 0 Å². The van der Waals surface area contributed by atoms with Crippen molar-refractivity contribution in [2.24, 2.45) is 0 Å². The van der Waals surface area contributed by atoms with Crippen molar-refractivity contribution in [3.63, 3.8) is 0 Å². The fraction of sp³-hybridized carbons (Fsp3) is 0.263. The molecular formula is C19H18N6OS. The lowest BCUT2D eigenvalue weighted by Gasteiger charge is -2.20. The van der Waals surface area contributed by atoms with Crippen LogP contribution in [0.15, 0.2) is 53.3 Å². The Morgan fingerprint density at radius 3 is 3.04 bits per heavy atom. The zero-order valence-corrected chi connectivity index (χ0v) is 15.4. The highest BCUT2D eigenvalue weighted by Gasteiger charge is 2.31. The molecule has 1 aliphatic rings. The molecular weight excluding hydrogens is 360 g/mol. The highest BCUT2D eigenvalue weighted by atomic mass is 32.1. The molecule has 0 aliphatic carbocycles. The van der Waals surface area contributed by atoms with E-state index in [1.54, 1.807) is 23.7 Å². The Balaban J connectivity index is 1.33. The first-order valence-electron chi connectivity index (χ1n) is 8.94. The second-order valence-corrected chi connectivity index (χ2v) is 7.70. The third kappa shape index (κ3) is 3.29. The van der Waals surface area contributed by atoms with Gasteiger partial charge >= 0.3 is 0 Å². The minimum Gasteiger partial charge on any atom is -0.337 e. The van der Waals surface area contributed by atoms with Crippen LogP contribution in [0.1, 0.15) is 29.7 Å². The maximum Gasteiger partial charge on any atom is 0.244 e. The SMILES string of the molecule is c1ccc(-c2noc([C@@H]3CCCN3Cc3ccc(-c4ccn[nH]4)s3)n2)nc1. The molecule has 0 radical (unpaired) electrons. The predicted octanol–water partition coefficient (Wildman–Crippen LogP) is 3.92. The molecule has 0 amide bonds. The fourth-order valence-corrected chi connectivity index (χ4v) is 4.47. The second-order valence-electron chi connectivity index (χ2n) is 6.54. The molecule has 1 aliphatic heterocycles. The van der Waals surface area contributed by atoms with Crippen LogP contribution in [0, 0.1) is 0 Å². The first-order valence-corrected chi connectivity index (χ1v) is 9.76. The number of aromatic nitrogens is 5. The third-order valence-corrected chi connectivity index (χ3v) is 5.87. The van der Waals surface area contributed by atoms with E-state index in [4.69, 9.17) is 4.52 Å². The zero-order valence-electron chi connectivity index (χ0n) is 14.6. The number of nitrogens with zero attached hydrogens (tertiary/aromatic N) is 5. The number of hydrogen-bond acceptors (Lipinski definition) is 7. The fourth-order valence-electron chi connectivity index (χ4n) is 3.47. The van der Waals surface area contributed by atoms with Gasteiger partial charge in [0.25, 0.3) is 0 Å². The van der Waals surface area contributed by atoms with Crippen molar-refractivity contribution >= 4 is 11.3 Å². The van der Waals surface area contributed by atoms with Gasteiger partial charge in [0.1, 0.15) is 5.69 Å². The monoisotopic (exact) mass is 378 g/mol. The summed E-state index contributed by atoms with van der Waals surface area (Å²) in [5.41, 5.74) is 1.79. The summed E-state index contributed by atoms with van der Waals surface area (Å²) >= 11 is 1.79. The standard InChI is InChI=1S/C19H18N6OS/c1-2-9-20-15(4-1)18-22-19(26-24-18)16-5-3-11-25(16)12-13-6-7-17(27-13)14-8-10-21-23-14/h1-2,4,6-10,16H,3,5,11-12H2,(H,21,23)/t16-/m0/s1. The molecule has 0 spiro atoms. The van der Waals surface area contributed by atoms with Gasteiger partial charge in [0.05, 0.1) is 16.6 Å². The molecule has 136 valence electrons. The summed E-state index contributed by atoms with van der Waals surface area (Å²) < 4.78 is 5.58. The smallest absolute Gasteiger partial charge is 0.244 e. The van der Waals surface area contributed by atoms with E-state index >= 15 is 0 Å². The van der Waals surface area contributed by atoms with E-state index < -0.39 is 0 Å². The van der Waals surface area contributed by atoms with E-state index in [9.17, 15) is 0 Å². The van der Waals surface area contributed by atoms with E-state index in [1.165, 1.54) is 9.75 Å². The summed E-state index contributed by atoms with van der Waals surface area (Å²) in [4.78, 5) is 13.8. The van der Waals surface area contributed by atoms with Crippen LogP contribution in [-0.2, 0) is 6.54 Å². The normalized spacial score (nSPS) is 17.6. The van der Waals surface area contributed by atoms with Gasteiger partial charge in [-0.1, -0.05) is 11.2 Å². The Hall–Kier alpha value is -2.84. The van der Waals surface area contributed by atoms with Gasteiger partial charge < -0.3 is 4.52 Å². The minimum absolute atomic E-state index is 0.160. The number of nitrogens with one attached hydrogen (secondary N) is 1. The number of aromatic amines is 1. The molecule has 5 rings (SSSR count). The lowest BCUT2D eigenvalue weighted by atomic mass is 10.2. The topological polar surface area (TPSA) is 83.7 Å². The molecule has 7 nitrogen and oxygen atoms in total. The minimum atomic E-state index is 0.160. The van der Waals surface area contributed by atoms with E-state index in [0.717, 1.165) is 37.3 Å². The van der Waals surface area contributed by atoms with Gasteiger partial charge in [-0.05, 0) is 49.7 Å². The maximum absolute atomic E-state index is 5.58. The molecule has 8 heteroatoms. The molecule has 0 unspecified atom stereocenters. The van der Waals surface area contributed by atoms with Gasteiger partial charge in [-0.2, -0.15) is 10.1 Å². The summed E-state index contributed by atoms with van der Waals surface area (Å²) in [6.45, 7) is 1.91. The van der Waals surface area contributed by atoms with Crippen molar-refractivity contribution in [2.75, 3.05) is 6.54 Å². The van der Waals surface area contributed by atoms with Crippen LogP contribution in [0.25, 0.3) is 22.1 Å². The van der Waals surface area contributed by atoms with Gasteiger partial charge in [0, 0.05) is 23.8 Å². The van der Waals surface area contributed by atoms with Crippen LogP contribution >= 0.6 is 11.3 Å². The lowest BCUT2D eigenvalue weighted by molar-refractivity contribution is 0.202. The van der Waals surface area contributed by atoms with E-state index in [2.05, 4.69) is 42.4 Å². The van der Waals surface area contributed by atoms with Crippen LogP contribution in [0.3, 0.4) is 0 Å². The lowest BCUT2D eigenvalue weighted by Crippen LogP contribution is -2.22. The number of pyridine rings is 1. The molecule has 4 aromatic heterocycles. The molecule has 4 aromatic rings. The van der Waals surface area contributed by atoms with Gasteiger partial charge in [-0.3, -0.25) is 15.0 Å². The van der Waals surface area contributed by atoms with Crippen LogP contribution in [0.2, 0.25) is 0 Å². The molecule has 0 saturated carbocycles. The van der Waals surface area contributed by atoms with Gasteiger partial charge in [0.2, 0.25) is 11.7 Å². The van der Waals surface area contributed by atoms with Crippen molar-refractivity contribution in [1.82, 2.24) is 30.2 Å². The third-order valence-electron chi connectivity index (χ3n) is 4.77. The van der Waals surface area contributed by atoms with Crippen molar-refractivity contribution in [3.8, 4) is 22.1 Å². The number of thiophene rings is 1.